The van der Waals surface area contributed by atoms with Gasteiger partial charge in [-0.25, -0.2) is 0 Å². The third-order valence-corrected chi connectivity index (χ3v) is 2.69. The van der Waals surface area contributed by atoms with Gasteiger partial charge in [-0.2, -0.15) is 5.26 Å². The highest BCUT2D eigenvalue weighted by Crippen LogP contribution is 2.21. The molecule has 92 valence electrons. The van der Waals surface area contributed by atoms with Gasteiger partial charge in [-0.3, -0.25) is 0 Å². The standard InChI is InChI=1S/C14H20N2O/c1-3-4-5-6-9-16-14-10-13(17-2)8-7-12(14)11-15/h7-8,10,16H,3-6,9H2,1-2H3. The van der Waals surface area contributed by atoms with Crippen molar-refractivity contribution in [1.29, 1.82) is 5.26 Å². The van der Waals surface area contributed by atoms with Crippen molar-refractivity contribution in [1.82, 2.24) is 0 Å². The number of nitrogens with zero attached hydrogens (tertiary/aromatic N) is 1. The molecule has 0 aliphatic carbocycles. The minimum absolute atomic E-state index is 0.668. The van der Waals surface area contributed by atoms with Gasteiger partial charge in [-0.05, 0) is 18.6 Å². The van der Waals surface area contributed by atoms with Crippen LogP contribution in [-0.2, 0) is 0 Å². The first kappa shape index (κ1) is 13.4. The summed E-state index contributed by atoms with van der Waals surface area (Å²) in [6.07, 6.45) is 4.87. The molecule has 0 aliphatic rings. The molecule has 3 nitrogen and oxygen atoms in total. The first-order valence-corrected chi connectivity index (χ1v) is 6.13. The maximum Gasteiger partial charge on any atom is 0.121 e. The zero-order valence-corrected chi connectivity index (χ0v) is 10.6. The Hall–Kier alpha value is -1.69. The average molecular weight is 232 g/mol. The number of hydrogen-bond donors (Lipinski definition) is 1. The van der Waals surface area contributed by atoms with E-state index in [0.717, 1.165) is 24.4 Å². The van der Waals surface area contributed by atoms with Crippen molar-refractivity contribution in [3.05, 3.63) is 23.8 Å². The van der Waals surface area contributed by atoms with E-state index in [2.05, 4.69) is 18.3 Å². The van der Waals surface area contributed by atoms with Crippen molar-refractivity contribution < 1.29 is 4.74 Å². The molecule has 0 amide bonds. The molecule has 1 aromatic carbocycles. The van der Waals surface area contributed by atoms with Crippen LogP contribution < -0.4 is 10.1 Å². The van der Waals surface area contributed by atoms with Crippen LogP contribution in [0.2, 0.25) is 0 Å². The number of nitrogens with one attached hydrogen (secondary N) is 1. The lowest BCUT2D eigenvalue weighted by atomic mass is 10.1. The summed E-state index contributed by atoms with van der Waals surface area (Å²) in [6, 6.07) is 7.65. The minimum Gasteiger partial charge on any atom is -0.497 e. The van der Waals surface area contributed by atoms with Gasteiger partial charge < -0.3 is 10.1 Å². The highest BCUT2D eigenvalue weighted by molar-refractivity contribution is 5.60. The van der Waals surface area contributed by atoms with E-state index in [9.17, 15) is 0 Å². The zero-order valence-electron chi connectivity index (χ0n) is 10.6. The second-order valence-electron chi connectivity index (χ2n) is 4.01. The third-order valence-electron chi connectivity index (χ3n) is 2.69. The fraction of sp³-hybridized carbons (Fsp3) is 0.500. The molecule has 3 heteroatoms. The Balaban J connectivity index is 2.53. The molecule has 0 fully saturated rings. The minimum atomic E-state index is 0.668. The average Bonchev–Trinajstić information content (AvgIpc) is 2.38. The Kier molecular flexibility index (Phi) is 5.95. The van der Waals surface area contributed by atoms with E-state index in [1.54, 1.807) is 19.2 Å². The largest absolute Gasteiger partial charge is 0.497 e. The number of benzene rings is 1. The maximum atomic E-state index is 8.99. The van der Waals surface area contributed by atoms with E-state index < -0.39 is 0 Å². The molecule has 0 radical (unpaired) electrons. The van der Waals surface area contributed by atoms with Crippen molar-refractivity contribution in [2.75, 3.05) is 19.0 Å². The van der Waals surface area contributed by atoms with Crippen LogP contribution in [-0.4, -0.2) is 13.7 Å². The SMILES string of the molecule is CCCCCCNc1cc(OC)ccc1C#N. The molecule has 0 spiro atoms. The van der Waals surface area contributed by atoms with E-state index in [1.807, 2.05) is 6.07 Å². The van der Waals surface area contributed by atoms with E-state index in [-0.39, 0.29) is 0 Å². The number of rotatable bonds is 7. The molecule has 0 unspecified atom stereocenters. The van der Waals surface area contributed by atoms with E-state index in [0.29, 0.717) is 5.56 Å². The van der Waals surface area contributed by atoms with E-state index in [1.165, 1.54) is 19.3 Å². The molecule has 0 saturated heterocycles. The quantitative estimate of drug-likeness (QED) is 0.731. The Labute approximate surface area is 103 Å². The lowest BCUT2D eigenvalue weighted by Crippen LogP contribution is -2.03. The van der Waals surface area contributed by atoms with Crippen molar-refractivity contribution >= 4 is 5.69 Å². The molecular weight excluding hydrogens is 212 g/mol. The van der Waals surface area contributed by atoms with Crippen LogP contribution in [0.25, 0.3) is 0 Å². The zero-order chi connectivity index (χ0) is 12.5. The summed E-state index contributed by atoms with van der Waals surface area (Å²) in [5, 5.41) is 12.3. The van der Waals surface area contributed by atoms with Crippen LogP contribution >= 0.6 is 0 Å². The molecular formula is C14H20N2O. The van der Waals surface area contributed by atoms with Crippen LogP contribution in [0.4, 0.5) is 5.69 Å². The molecule has 0 heterocycles. The summed E-state index contributed by atoms with van der Waals surface area (Å²) in [7, 11) is 1.63. The van der Waals surface area contributed by atoms with Crippen LogP contribution in [0.15, 0.2) is 18.2 Å². The van der Waals surface area contributed by atoms with Gasteiger partial charge in [0.05, 0.1) is 18.4 Å². The summed E-state index contributed by atoms with van der Waals surface area (Å²) in [5.74, 6) is 0.778. The highest BCUT2D eigenvalue weighted by Gasteiger charge is 2.02. The Morgan fingerprint density at radius 3 is 2.76 bits per heavy atom. The molecule has 17 heavy (non-hydrogen) atoms. The summed E-state index contributed by atoms with van der Waals surface area (Å²) < 4.78 is 5.15. The smallest absolute Gasteiger partial charge is 0.121 e. The van der Waals surface area contributed by atoms with Crippen LogP contribution in [0, 0.1) is 11.3 Å². The van der Waals surface area contributed by atoms with Crippen molar-refractivity contribution in [2.24, 2.45) is 0 Å². The molecule has 0 bridgehead atoms. The van der Waals surface area contributed by atoms with Gasteiger partial charge in [0, 0.05) is 12.6 Å². The van der Waals surface area contributed by atoms with Gasteiger partial charge in [-0.1, -0.05) is 26.2 Å². The van der Waals surface area contributed by atoms with Gasteiger partial charge in [0.1, 0.15) is 11.8 Å². The van der Waals surface area contributed by atoms with Gasteiger partial charge in [0.25, 0.3) is 0 Å². The number of hydrogen-bond acceptors (Lipinski definition) is 3. The summed E-state index contributed by atoms with van der Waals surface area (Å²) in [5.41, 5.74) is 1.53. The molecule has 0 aromatic heterocycles. The van der Waals surface area contributed by atoms with Crippen LogP contribution in [0.3, 0.4) is 0 Å². The Morgan fingerprint density at radius 2 is 2.12 bits per heavy atom. The predicted molar refractivity (Wildman–Crippen MR) is 70.3 cm³/mol. The van der Waals surface area contributed by atoms with Gasteiger partial charge in [-0.15, -0.1) is 0 Å². The van der Waals surface area contributed by atoms with Crippen LogP contribution in [0.5, 0.6) is 5.75 Å². The monoisotopic (exact) mass is 232 g/mol. The number of anilines is 1. The lowest BCUT2D eigenvalue weighted by molar-refractivity contribution is 0.415. The van der Waals surface area contributed by atoms with Crippen molar-refractivity contribution in [2.45, 2.75) is 32.6 Å². The van der Waals surface area contributed by atoms with Gasteiger partial charge >= 0.3 is 0 Å². The number of unbranched alkanes of at least 4 members (excludes halogenated alkanes) is 3. The Bertz CT molecular complexity index is 382. The first-order valence-electron chi connectivity index (χ1n) is 6.13. The molecule has 1 rings (SSSR count). The van der Waals surface area contributed by atoms with Gasteiger partial charge in [0.2, 0.25) is 0 Å². The van der Waals surface area contributed by atoms with Gasteiger partial charge in [0.15, 0.2) is 0 Å². The third kappa shape index (κ3) is 4.36. The number of ether oxygens (including phenoxy) is 1. The molecule has 0 saturated carbocycles. The summed E-state index contributed by atoms with van der Waals surface area (Å²) >= 11 is 0. The second kappa shape index (κ2) is 7.56. The second-order valence-corrected chi connectivity index (χ2v) is 4.01. The highest BCUT2D eigenvalue weighted by atomic mass is 16.5. The topological polar surface area (TPSA) is 45.0 Å². The Morgan fingerprint density at radius 1 is 1.29 bits per heavy atom. The molecule has 1 aromatic rings. The number of methoxy groups -OCH3 is 1. The van der Waals surface area contributed by atoms with E-state index in [4.69, 9.17) is 10.00 Å². The first-order chi connectivity index (χ1) is 8.31. The molecule has 0 aliphatic heterocycles. The fourth-order valence-electron chi connectivity index (χ4n) is 1.67. The molecule has 1 N–H and O–H groups in total. The van der Waals surface area contributed by atoms with Crippen molar-refractivity contribution in [3.8, 4) is 11.8 Å². The maximum absolute atomic E-state index is 8.99. The lowest BCUT2D eigenvalue weighted by Gasteiger charge is -2.09. The normalized spacial score (nSPS) is 9.71. The fourth-order valence-corrected chi connectivity index (χ4v) is 1.67. The number of nitriles is 1. The molecule has 0 atom stereocenters. The summed E-state index contributed by atoms with van der Waals surface area (Å²) in [6.45, 7) is 3.10. The van der Waals surface area contributed by atoms with Crippen molar-refractivity contribution in [3.63, 3.8) is 0 Å². The summed E-state index contributed by atoms with van der Waals surface area (Å²) in [4.78, 5) is 0. The predicted octanol–water partition coefficient (Wildman–Crippen LogP) is 3.56. The van der Waals surface area contributed by atoms with Crippen LogP contribution in [0.1, 0.15) is 38.2 Å². The van der Waals surface area contributed by atoms with E-state index >= 15 is 0 Å².